The second kappa shape index (κ2) is 7.02. The molecule has 0 bridgehead atoms. The topological polar surface area (TPSA) is 43.8 Å². The third-order valence-electron chi connectivity index (χ3n) is 3.68. The van der Waals surface area contributed by atoms with Gasteiger partial charge in [-0.05, 0) is 56.6 Å². The Morgan fingerprint density at radius 2 is 2.40 bits per heavy atom. The zero-order valence-electron chi connectivity index (χ0n) is 12.1. The molecule has 1 aliphatic rings. The molecular weight excluding hydrogens is 272 g/mol. The molecule has 1 aromatic rings. The van der Waals surface area contributed by atoms with Crippen molar-refractivity contribution >= 4 is 23.4 Å². The molecule has 1 aromatic heterocycles. The molecule has 1 N–H and O–H groups in total. The first-order valence-corrected chi connectivity index (χ1v) is 7.80. The summed E-state index contributed by atoms with van der Waals surface area (Å²) in [6, 6.07) is 2.73. The molecule has 0 radical (unpaired) electrons. The van der Waals surface area contributed by atoms with Crippen molar-refractivity contribution < 1.29 is 9.90 Å². The minimum atomic E-state index is -0.900. The second-order valence-corrected chi connectivity index (χ2v) is 6.51. The van der Waals surface area contributed by atoms with Gasteiger partial charge in [-0.1, -0.05) is 0 Å². The van der Waals surface area contributed by atoms with Gasteiger partial charge in [0.25, 0.3) is 0 Å². The van der Waals surface area contributed by atoms with Crippen LogP contribution in [0.4, 0.5) is 0 Å². The highest BCUT2D eigenvalue weighted by molar-refractivity contribution is 7.10. The normalized spacial score (nSPS) is 20.9. The van der Waals surface area contributed by atoms with E-state index in [9.17, 15) is 4.79 Å². The van der Waals surface area contributed by atoms with Crippen molar-refractivity contribution in [3.8, 4) is 0 Å². The number of rotatable bonds is 5. The number of carboxylic acids is 1. The molecule has 4 nitrogen and oxygen atoms in total. The predicted octanol–water partition coefficient (Wildman–Crippen LogP) is 2.37. The Kier molecular flexibility index (Phi) is 5.34. The van der Waals surface area contributed by atoms with Gasteiger partial charge in [0.05, 0.1) is 0 Å². The van der Waals surface area contributed by atoms with Crippen molar-refractivity contribution in [2.24, 2.45) is 0 Å². The number of nitrogens with zero attached hydrogens (tertiary/aromatic N) is 2. The van der Waals surface area contributed by atoms with Crippen LogP contribution >= 0.6 is 11.3 Å². The number of aliphatic carboxylic acids is 1. The van der Waals surface area contributed by atoms with Crippen molar-refractivity contribution in [1.29, 1.82) is 0 Å². The lowest BCUT2D eigenvalue weighted by molar-refractivity contribution is -0.131. The standard InChI is InChI=1S/C15H22N2O2S/c1-16(2)13-4-3-7-17(9-13)10-14-8-12(11-20-14)5-6-15(18)19/h5-6,8,11,13H,3-4,7,9-10H2,1-2H3,(H,18,19). The van der Waals surface area contributed by atoms with Gasteiger partial charge in [0, 0.05) is 30.1 Å². The number of carboxylic acid groups (broad SMARTS) is 1. The zero-order chi connectivity index (χ0) is 14.5. The number of hydrogen-bond acceptors (Lipinski definition) is 4. The Bertz CT molecular complexity index is 482. The van der Waals surface area contributed by atoms with E-state index in [4.69, 9.17) is 5.11 Å². The Balaban J connectivity index is 1.91. The van der Waals surface area contributed by atoms with E-state index >= 15 is 0 Å². The van der Waals surface area contributed by atoms with Gasteiger partial charge < -0.3 is 10.0 Å². The molecule has 1 aliphatic heterocycles. The van der Waals surface area contributed by atoms with E-state index in [1.807, 2.05) is 5.38 Å². The van der Waals surface area contributed by atoms with E-state index in [1.54, 1.807) is 17.4 Å². The highest BCUT2D eigenvalue weighted by atomic mass is 32.1. The smallest absolute Gasteiger partial charge is 0.328 e. The summed E-state index contributed by atoms with van der Waals surface area (Å²) in [6.45, 7) is 3.24. The molecule has 1 saturated heterocycles. The second-order valence-electron chi connectivity index (χ2n) is 5.51. The fraction of sp³-hybridized carbons (Fsp3) is 0.533. The van der Waals surface area contributed by atoms with Gasteiger partial charge in [0.15, 0.2) is 0 Å². The van der Waals surface area contributed by atoms with Crippen LogP contribution in [0.3, 0.4) is 0 Å². The van der Waals surface area contributed by atoms with Crippen LogP contribution in [0.2, 0.25) is 0 Å². The van der Waals surface area contributed by atoms with E-state index in [1.165, 1.54) is 23.8 Å². The summed E-state index contributed by atoms with van der Waals surface area (Å²) in [4.78, 5) is 16.6. The highest BCUT2D eigenvalue weighted by Gasteiger charge is 2.21. The van der Waals surface area contributed by atoms with E-state index < -0.39 is 5.97 Å². The van der Waals surface area contributed by atoms with Crippen LogP contribution in [0.5, 0.6) is 0 Å². The quantitative estimate of drug-likeness (QED) is 0.847. The maximum atomic E-state index is 10.5. The number of likely N-dealkylation sites (tertiary alicyclic amines) is 1. The lowest BCUT2D eigenvalue weighted by Crippen LogP contribution is -2.44. The van der Waals surface area contributed by atoms with Gasteiger partial charge in [-0.15, -0.1) is 11.3 Å². The van der Waals surface area contributed by atoms with Gasteiger partial charge in [0.2, 0.25) is 0 Å². The SMILES string of the molecule is CN(C)C1CCCN(Cc2cc(C=CC(=O)O)cs2)C1. The van der Waals surface area contributed by atoms with Crippen molar-refractivity contribution in [3.63, 3.8) is 0 Å². The van der Waals surface area contributed by atoms with Crippen LogP contribution < -0.4 is 0 Å². The summed E-state index contributed by atoms with van der Waals surface area (Å²) in [6.07, 6.45) is 5.37. The Hall–Kier alpha value is -1.17. The van der Waals surface area contributed by atoms with Crippen molar-refractivity contribution in [2.75, 3.05) is 27.2 Å². The third-order valence-corrected chi connectivity index (χ3v) is 4.62. The molecule has 1 atom stereocenters. The fourth-order valence-corrected chi connectivity index (χ4v) is 3.45. The molecule has 2 heterocycles. The van der Waals surface area contributed by atoms with Crippen molar-refractivity contribution in [2.45, 2.75) is 25.4 Å². The largest absolute Gasteiger partial charge is 0.478 e. The first-order valence-electron chi connectivity index (χ1n) is 6.92. The molecule has 0 aliphatic carbocycles. The Labute approximate surface area is 124 Å². The summed E-state index contributed by atoms with van der Waals surface area (Å²) in [7, 11) is 4.29. The molecular formula is C15H22N2O2S. The summed E-state index contributed by atoms with van der Waals surface area (Å²) < 4.78 is 0. The van der Waals surface area contributed by atoms with Crippen LogP contribution in [0.25, 0.3) is 6.08 Å². The molecule has 5 heteroatoms. The summed E-state index contributed by atoms with van der Waals surface area (Å²) >= 11 is 1.71. The number of piperidine rings is 1. The van der Waals surface area contributed by atoms with Gasteiger partial charge in [-0.2, -0.15) is 0 Å². The van der Waals surface area contributed by atoms with E-state index in [-0.39, 0.29) is 0 Å². The summed E-state index contributed by atoms with van der Waals surface area (Å²) in [5.41, 5.74) is 0.980. The van der Waals surface area contributed by atoms with Crippen LogP contribution in [0, 0.1) is 0 Å². The Morgan fingerprint density at radius 3 is 3.10 bits per heavy atom. The van der Waals surface area contributed by atoms with E-state index in [0.717, 1.165) is 25.2 Å². The monoisotopic (exact) mass is 294 g/mol. The number of likely N-dealkylation sites (N-methyl/N-ethyl adjacent to an activating group) is 1. The molecule has 0 aromatic carbocycles. The number of carbonyl (C=O) groups is 1. The molecule has 110 valence electrons. The first kappa shape index (κ1) is 15.2. The van der Waals surface area contributed by atoms with Crippen LogP contribution in [0.1, 0.15) is 23.3 Å². The molecule has 20 heavy (non-hydrogen) atoms. The van der Waals surface area contributed by atoms with E-state index in [2.05, 4.69) is 30.0 Å². The van der Waals surface area contributed by atoms with Crippen LogP contribution in [-0.2, 0) is 11.3 Å². The van der Waals surface area contributed by atoms with Gasteiger partial charge in [-0.3, -0.25) is 4.90 Å². The van der Waals surface area contributed by atoms with Crippen molar-refractivity contribution in [3.05, 3.63) is 28.0 Å². The van der Waals surface area contributed by atoms with Crippen LogP contribution in [0.15, 0.2) is 17.5 Å². The lowest BCUT2D eigenvalue weighted by Gasteiger charge is -2.35. The first-order chi connectivity index (χ1) is 9.54. The average Bonchev–Trinajstić information content (AvgIpc) is 2.84. The summed E-state index contributed by atoms with van der Waals surface area (Å²) in [5, 5.41) is 10.6. The van der Waals surface area contributed by atoms with Crippen molar-refractivity contribution in [1.82, 2.24) is 9.80 Å². The van der Waals surface area contributed by atoms with E-state index in [0.29, 0.717) is 6.04 Å². The Morgan fingerprint density at radius 1 is 1.60 bits per heavy atom. The predicted molar refractivity (Wildman–Crippen MR) is 83.0 cm³/mol. The minimum absolute atomic E-state index is 0.648. The van der Waals surface area contributed by atoms with Crippen LogP contribution in [-0.4, -0.2) is 54.1 Å². The minimum Gasteiger partial charge on any atom is -0.478 e. The number of thiophene rings is 1. The maximum absolute atomic E-state index is 10.5. The lowest BCUT2D eigenvalue weighted by atomic mass is 10.0. The fourth-order valence-electron chi connectivity index (χ4n) is 2.55. The molecule has 2 rings (SSSR count). The molecule has 0 amide bonds. The molecule has 1 unspecified atom stereocenters. The number of hydrogen-bond donors (Lipinski definition) is 1. The average molecular weight is 294 g/mol. The molecule has 0 saturated carbocycles. The van der Waals surface area contributed by atoms with Gasteiger partial charge in [0.1, 0.15) is 0 Å². The third kappa shape index (κ3) is 4.44. The maximum Gasteiger partial charge on any atom is 0.328 e. The summed E-state index contributed by atoms with van der Waals surface area (Å²) in [5.74, 6) is -0.900. The molecule has 1 fully saturated rings. The van der Waals surface area contributed by atoms with Gasteiger partial charge in [-0.25, -0.2) is 4.79 Å². The zero-order valence-corrected chi connectivity index (χ0v) is 12.9. The highest BCUT2D eigenvalue weighted by Crippen LogP contribution is 2.21. The van der Waals surface area contributed by atoms with Gasteiger partial charge >= 0.3 is 5.97 Å². The molecule has 0 spiro atoms.